The van der Waals surface area contributed by atoms with E-state index >= 15 is 4.39 Å². The summed E-state index contributed by atoms with van der Waals surface area (Å²) in [6, 6.07) is 8.27. The summed E-state index contributed by atoms with van der Waals surface area (Å²) >= 11 is 0. The number of amides is 1. The molecule has 0 atom stereocenters. The molecule has 0 unspecified atom stereocenters. The number of anilines is 2. The average Bonchev–Trinajstić information content (AvgIpc) is 2.97. The number of sulfone groups is 1. The number of fused-ring (bicyclic) bond motifs is 1. The summed E-state index contributed by atoms with van der Waals surface area (Å²) < 4.78 is 72.6. The molecule has 2 aromatic rings. The molecule has 0 spiro atoms. The predicted molar refractivity (Wildman–Crippen MR) is 126 cm³/mol. The summed E-state index contributed by atoms with van der Waals surface area (Å²) in [6.07, 6.45) is -1.99. The van der Waals surface area contributed by atoms with E-state index in [0.29, 0.717) is 18.4 Å². The smallest absolute Gasteiger partial charge is 0.294 e. The fourth-order valence-electron chi connectivity index (χ4n) is 4.52. The van der Waals surface area contributed by atoms with Crippen LogP contribution in [0.1, 0.15) is 56.0 Å². The fourth-order valence-corrected chi connectivity index (χ4v) is 6.33. The molecule has 0 N–H and O–H groups in total. The van der Waals surface area contributed by atoms with E-state index in [1.807, 2.05) is 6.92 Å². The van der Waals surface area contributed by atoms with Crippen molar-refractivity contribution in [3.05, 3.63) is 59.2 Å². The second kappa shape index (κ2) is 9.76. The lowest BCUT2D eigenvalue weighted by atomic mass is 9.78. The summed E-state index contributed by atoms with van der Waals surface area (Å²) in [5, 5.41) is 0. The highest BCUT2D eigenvalue weighted by molar-refractivity contribution is 7.91. The predicted octanol–water partition coefficient (Wildman–Crippen LogP) is 5.75. The Hall–Kier alpha value is -3.08. The molecule has 1 fully saturated rings. The first kappa shape index (κ1) is 27.5. The van der Waals surface area contributed by atoms with Crippen molar-refractivity contribution in [2.45, 2.75) is 45.4 Å². The van der Waals surface area contributed by atoms with Crippen LogP contribution in [0.2, 0.25) is 0 Å². The van der Waals surface area contributed by atoms with Crippen molar-refractivity contribution in [2.75, 3.05) is 16.4 Å². The molecule has 0 aliphatic carbocycles. The van der Waals surface area contributed by atoms with E-state index in [0.717, 1.165) is 11.0 Å². The van der Waals surface area contributed by atoms with Gasteiger partial charge in [0.25, 0.3) is 0 Å². The third-order valence-electron chi connectivity index (χ3n) is 6.73. The number of rotatable bonds is 4. The van der Waals surface area contributed by atoms with Gasteiger partial charge in [-0.25, -0.2) is 22.0 Å². The van der Waals surface area contributed by atoms with Crippen molar-refractivity contribution in [2.24, 2.45) is 5.41 Å². The van der Waals surface area contributed by atoms with Crippen molar-refractivity contribution in [3.8, 4) is 0 Å². The van der Waals surface area contributed by atoms with Gasteiger partial charge in [-0.05, 0) is 61.9 Å². The Kier molecular flexibility index (Phi) is 7.46. The Morgan fingerprint density at radius 2 is 1.53 bits per heavy atom. The SMILES string of the molecule is CC1(CC(=O)c2cc(F)c3c(c2)C(C)(C)C(=O)N3c2ccccc2F)CCS(=O)(=O)CC1.O=C(F)F. The maximum atomic E-state index is 15.3. The Morgan fingerprint density at radius 1 is 0.972 bits per heavy atom. The van der Waals surface area contributed by atoms with Gasteiger partial charge in [-0.1, -0.05) is 19.1 Å². The van der Waals surface area contributed by atoms with E-state index in [9.17, 15) is 31.2 Å². The van der Waals surface area contributed by atoms with Gasteiger partial charge < -0.3 is 0 Å². The monoisotopic (exact) mass is 527 g/mol. The van der Waals surface area contributed by atoms with Crippen LogP contribution in [0.15, 0.2) is 36.4 Å². The quantitative estimate of drug-likeness (QED) is 0.287. The molecule has 0 aromatic heterocycles. The van der Waals surface area contributed by atoms with E-state index in [1.54, 1.807) is 19.9 Å². The van der Waals surface area contributed by atoms with Gasteiger partial charge >= 0.3 is 6.29 Å². The summed E-state index contributed by atoms with van der Waals surface area (Å²) in [5.74, 6) is -2.14. The molecular formula is C25H25F4NO5S. The fraction of sp³-hybridized carbons (Fsp3) is 0.400. The molecule has 11 heteroatoms. The number of para-hydroxylation sites is 1. The zero-order chi connectivity index (χ0) is 27.1. The van der Waals surface area contributed by atoms with Gasteiger partial charge in [0.2, 0.25) is 5.91 Å². The number of hydrogen-bond donors (Lipinski definition) is 0. The molecule has 2 aliphatic heterocycles. The Morgan fingerprint density at radius 3 is 2.08 bits per heavy atom. The van der Waals surface area contributed by atoms with E-state index < -0.39 is 44.5 Å². The Labute approximate surface area is 206 Å². The van der Waals surface area contributed by atoms with E-state index in [-0.39, 0.29) is 40.6 Å². The maximum absolute atomic E-state index is 15.3. The molecule has 2 aliphatic rings. The number of carbonyl (C=O) groups is 3. The summed E-state index contributed by atoms with van der Waals surface area (Å²) in [4.78, 5) is 35.4. The summed E-state index contributed by atoms with van der Waals surface area (Å²) in [6.45, 7) is 5.11. The van der Waals surface area contributed by atoms with Gasteiger partial charge in [0.1, 0.15) is 21.5 Å². The van der Waals surface area contributed by atoms with Crippen molar-refractivity contribution in [1.29, 1.82) is 0 Å². The van der Waals surface area contributed by atoms with E-state index in [1.165, 1.54) is 24.3 Å². The van der Waals surface area contributed by atoms with Crippen LogP contribution in [0, 0.1) is 17.0 Å². The van der Waals surface area contributed by atoms with Gasteiger partial charge in [0, 0.05) is 12.0 Å². The van der Waals surface area contributed by atoms with Crippen LogP contribution in [-0.4, -0.2) is 37.9 Å². The number of nitrogens with zero attached hydrogens (tertiary/aromatic N) is 1. The lowest BCUT2D eigenvalue weighted by Crippen LogP contribution is -2.33. The minimum Gasteiger partial charge on any atom is -0.294 e. The van der Waals surface area contributed by atoms with Crippen LogP contribution in [0.3, 0.4) is 0 Å². The van der Waals surface area contributed by atoms with Gasteiger partial charge in [-0.2, -0.15) is 0 Å². The first-order chi connectivity index (χ1) is 16.6. The largest absolute Gasteiger partial charge is 0.483 e. The minimum atomic E-state index is -3.07. The molecule has 0 bridgehead atoms. The lowest BCUT2D eigenvalue weighted by molar-refractivity contribution is -0.121. The molecule has 6 nitrogen and oxygen atoms in total. The summed E-state index contributed by atoms with van der Waals surface area (Å²) in [7, 11) is -3.07. The minimum absolute atomic E-state index is 0.0362. The van der Waals surface area contributed by atoms with Gasteiger partial charge in [0.05, 0.1) is 28.3 Å². The topological polar surface area (TPSA) is 88.6 Å². The lowest BCUT2D eigenvalue weighted by Gasteiger charge is -2.32. The zero-order valence-corrected chi connectivity index (χ0v) is 20.7. The molecule has 1 amide bonds. The molecular weight excluding hydrogens is 502 g/mol. The first-order valence-corrected chi connectivity index (χ1v) is 12.9. The summed E-state index contributed by atoms with van der Waals surface area (Å²) in [5.41, 5.74) is -1.27. The molecule has 1 saturated heterocycles. The molecule has 36 heavy (non-hydrogen) atoms. The van der Waals surface area contributed by atoms with Crippen LogP contribution in [-0.2, 0) is 20.0 Å². The highest BCUT2D eigenvalue weighted by Crippen LogP contribution is 2.48. The third-order valence-corrected chi connectivity index (χ3v) is 8.39. The molecule has 2 aromatic carbocycles. The normalized spacial score (nSPS) is 19.2. The number of carbonyl (C=O) groups excluding carboxylic acids is 3. The second-order valence-corrected chi connectivity index (χ2v) is 12.2. The van der Waals surface area contributed by atoms with Crippen molar-refractivity contribution < 1.29 is 40.4 Å². The van der Waals surface area contributed by atoms with E-state index in [2.05, 4.69) is 0 Å². The number of halogens is 4. The second-order valence-electron chi connectivity index (χ2n) is 9.86. The number of ketones is 1. The number of hydrogen-bond acceptors (Lipinski definition) is 5. The molecule has 0 radical (unpaired) electrons. The number of benzene rings is 2. The third kappa shape index (κ3) is 5.50. The maximum Gasteiger partial charge on any atom is 0.483 e. The highest BCUT2D eigenvalue weighted by atomic mass is 32.2. The Bertz CT molecular complexity index is 1320. The molecule has 0 saturated carbocycles. The molecule has 4 rings (SSSR count). The van der Waals surface area contributed by atoms with Crippen molar-refractivity contribution in [1.82, 2.24) is 0 Å². The van der Waals surface area contributed by atoms with Crippen LogP contribution >= 0.6 is 0 Å². The van der Waals surface area contributed by atoms with Gasteiger partial charge in [-0.15, -0.1) is 8.78 Å². The van der Waals surface area contributed by atoms with Gasteiger partial charge in [-0.3, -0.25) is 14.5 Å². The molecule has 2 heterocycles. The van der Waals surface area contributed by atoms with E-state index in [4.69, 9.17) is 4.79 Å². The van der Waals surface area contributed by atoms with Crippen molar-refractivity contribution in [3.63, 3.8) is 0 Å². The molecule has 194 valence electrons. The van der Waals surface area contributed by atoms with Crippen LogP contribution in [0.25, 0.3) is 0 Å². The van der Waals surface area contributed by atoms with Crippen LogP contribution in [0.4, 0.5) is 33.7 Å². The average molecular weight is 528 g/mol. The first-order valence-electron chi connectivity index (χ1n) is 11.1. The number of Topliss-reactive ketones (excluding diaryl/α,β-unsaturated/α-hetero) is 1. The standard InChI is InChI=1S/C24H25F2NO4S.CF2O/c1-23(2)16-12-15(20(28)14-24(3)8-10-32(30,31)11-9-24)13-18(26)21(16)27(22(23)29)19-7-5-4-6-17(19)25;2-1(3)4/h4-7,12-13H,8-11,14H2,1-3H3;. The van der Waals surface area contributed by atoms with Crippen LogP contribution in [0.5, 0.6) is 0 Å². The van der Waals surface area contributed by atoms with Gasteiger partial charge in [0.15, 0.2) is 5.78 Å². The Balaban J connectivity index is 0.000000840. The van der Waals surface area contributed by atoms with Crippen molar-refractivity contribution >= 4 is 39.2 Å². The zero-order valence-electron chi connectivity index (χ0n) is 19.9. The highest BCUT2D eigenvalue weighted by Gasteiger charge is 2.47. The van der Waals surface area contributed by atoms with Crippen LogP contribution < -0.4 is 4.90 Å².